The van der Waals surface area contributed by atoms with E-state index in [1.165, 1.54) is 11.1 Å². The van der Waals surface area contributed by atoms with Crippen LogP contribution in [-0.4, -0.2) is 30.7 Å². The van der Waals surface area contributed by atoms with Gasteiger partial charge in [-0.05, 0) is 55.3 Å². The van der Waals surface area contributed by atoms with Gasteiger partial charge in [0.15, 0.2) is 11.5 Å². The topological polar surface area (TPSA) is 47.6 Å². The Balaban J connectivity index is 1.86. The molecule has 1 N–H and O–H groups in total. The number of aryl methyl sites for hydroxylation is 1. The second-order valence-electron chi connectivity index (χ2n) is 5.99. The largest absolute Gasteiger partial charge is 0.493 e. The molecule has 0 amide bonds. The second kappa shape index (κ2) is 7.36. The van der Waals surface area contributed by atoms with Crippen LogP contribution >= 0.6 is 0 Å². The fraction of sp³-hybridized carbons (Fsp3) is 0.368. The summed E-state index contributed by atoms with van der Waals surface area (Å²) in [7, 11) is 2.24. The monoisotopic (exact) mass is 345 g/mol. The summed E-state index contributed by atoms with van der Waals surface area (Å²) in [6, 6.07) is 12.0. The van der Waals surface area contributed by atoms with E-state index in [9.17, 15) is 4.21 Å². The molecule has 2 aromatic rings. The van der Waals surface area contributed by atoms with Crippen LogP contribution in [0.15, 0.2) is 41.3 Å². The molecule has 0 saturated heterocycles. The first kappa shape index (κ1) is 17.0. The molecule has 1 aliphatic heterocycles. The van der Waals surface area contributed by atoms with Crippen molar-refractivity contribution >= 4 is 10.8 Å². The van der Waals surface area contributed by atoms with Gasteiger partial charge in [-0.25, -0.2) is 0 Å². The molecule has 0 fully saturated rings. The highest BCUT2D eigenvalue weighted by Gasteiger charge is 2.24. The predicted octanol–water partition coefficient (Wildman–Crippen LogP) is 3.01. The van der Waals surface area contributed by atoms with E-state index in [1.54, 1.807) is 14.2 Å². The van der Waals surface area contributed by atoms with E-state index in [0.717, 1.165) is 29.2 Å². The van der Waals surface area contributed by atoms with Crippen molar-refractivity contribution in [2.75, 3.05) is 26.5 Å². The third kappa shape index (κ3) is 3.47. The van der Waals surface area contributed by atoms with Crippen LogP contribution in [0, 0.1) is 6.92 Å². The van der Waals surface area contributed by atoms with Gasteiger partial charge in [-0.15, -0.1) is 0 Å². The lowest BCUT2D eigenvalue weighted by Crippen LogP contribution is -2.33. The Hall–Kier alpha value is -1.85. The molecule has 128 valence electrons. The number of benzene rings is 2. The van der Waals surface area contributed by atoms with Crippen LogP contribution in [0.3, 0.4) is 0 Å². The third-order valence-corrected chi connectivity index (χ3v) is 5.84. The summed E-state index contributed by atoms with van der Waals surface area (Å²) in [5.41, 5.74) is 3.56. The Bertz CT molecular complexity index is 743. The lowest BCUT2D eigenvalue weighted by atomic mass is 9.94. The molecule has 1 aliphatic rings. The van der Waals surface area contributed by atoms with Gasteiger partial charge in [-0.2, -0.15) is 0 Å². The van der Waals surface area contributed by atoms with Gasteiger partial charge in [-0.3, -0.25) is 4.21 Å². The first-order chi connectivity index (χ1) is 11.6. The quantitative estimate of drug-likeness (QED) is 0.905. The molecule has 4 nitrogen and oxygen atoms in total. The van der Waals surface area contributed by atoms with Crippen molar-refractivity contribution in [1.29, 1.82) is 0 Å². The Labute approximate surface area is 145 Å². The summed E-state index contributed by atoms with van der Waals surface area (Å²) in [6.45, 7) is 2.91. The zero-order valence-corrected chi connectivity index (χ0v) is 15.1. The average Bonchev–Trinajstić information content (AvgIpc) is 2.61. The molecule has 24 heavy (non-hydrogen) atoms. The molecule has 0 unspecified atom stereocenters. The molecule has 0 spiro atoms. The molecule has 1 heterocycles. The maximum atomic E-state index is 12.7. The molecule has 0 aromatic heterocycles. The Morgan fingerprint density at radius 1 is 1.12 bits per heavy atom. The molecule has 0 aliphatic carbocycles. The molecule has 3 rings (SSSR count). The van der Waals surface area contributed by atoms with Crippen molar-refractivity contribution in [3.63, 3.8) is 0 Å². The van der Waals surface area contributed by atoms with Crippen LogP contribution in [0.25, 0.3) is 0 Å². The van der Waals surface area contributed by atoms with E-state index in [4.69, 9.17) is 9.47 Å². The zero-order valence-electron chi connectivity index (χ0n) is 14.3. The maximum absolute atomic E-state index is 12.7. The van der Waals surface area contributed by atoms with E-state index in [0.29, 0.717) is 11.5 Å². The first-order valence-corrected chi connectivity index (χ1v) is 9.37. The fourth-order valence-corrected chi connectivity index (χ4v) is 4.29. The van der Waals surface area contributed by atoms with Crippen molar-refractivity contribution < 1.29 is 13.7 Å². The van der Waals surface area contributed by atoms with Crippen LogP contribution < -0.4 is 14.8 Å². The minimum Gasteiger partial charge on any atom is -0.493 e. The summed E-state index contributed by atoms with van der Waals surface area (Å²) < 4.78 is 23.5. The van der Waals surface area contributed by atoms with Crippen LogP contribution in [0.2, 0.25) is 0 Å². The number of methoxy groups -OCH3 is 2. The number of hydrogen-bond acceptors (Lipinski definition) is 4. The van der Waals surface area contributed by atoms with Crippen molar-refractivity contribution in [3.8, 4) is 11.5 Å². The zero-order chi connectivity index (χ0) is 17.1. The number of hydrogen-bond donors (Lipinski definition) is 1. The Kier molecular flexibility index (Phi) is 5.21. The van der Waals surface area contributed by atoms with Gasteiger partial charge >= 0.3 is 0 Å². The minimum atomic E-state index is -1.05. The summed E-state index contributed by atoms with van der Waals surface area (Å²) >= 11 is 0. The van der Waals surface area contributed by atoms with Gasteiger partial charge < -0.3 is 14.8 Å². The van der Waals surface area contributed by atoms with Crippen molar-refractivity contribution in [2.45, 2.75) is 24.3 Å². The van der Waals surface area contributed by atoms with Gasteiger partial charge in [-0.1, -0.05) is 17.7 Å². The first-order valence-electron chi connectivity index (χ1n) is 8.05. The fourth-order valence-electron chi connectivity index (χ4n) is 3.06. The normalized spacial score (nSPS) is 17.9. The summed E-state index contributed by atoms with van der Waals surface area (Å²) in [5, 5.41) is 3.49. The van der Waals surface area contributed by atoms with Crippen molar-refractivity contribution in [2.24, 2.45) is 0 Å². The third-order valence-electron chi connectivity index (χ3n) is 4.41. The molecular formula is C19H23NO3S. The summed E-state index contributed by atoms with van der Waals surface area (Å²) in [5.74, 6) is 2.01. The van der Waals surface area contributed by atoms with Gasteiger partial charge in [0.2, 0.25) is 0 Å². The van der Waals surface area contributed by atoms with Crippen molar-refractivity contribution in [1.82, 2.24) is 5.32 Å². The smallest absolute Gasteiger partial charge is 0.161 e. The van der Waals surface area contributed by atoms with E-state index in [1.807, 2.05) is 43.3 Å². The highest BCUT2D eigenvalue weighted by Crippen LogP contribution is 2.35. The Morgan fingerprint density at radius 3 is 2.46 bits per heavy atom. The molecule has 0 radical (unpaired) electrons. The molecule has 5 heteroatoms. The number of rotatable bonds is 5. The average molecular weight is 345 g/mol. The Morgan fingerprint density at radius 2 is 1.79 bits per heavy atom. The van der Waals surface area contributed by atoms with Gasteiger partial charge in [0, 0.05) is 16.7 Å². The second-order valence-corrected chi connectivity index (χ2v) is 7.48. The van der Waals surface area contributed by atoms with E-state index < -0.39 is 10.8 Å². The van der Waals surface area contributed by atoms with Crippen LogP contribution in [0.1, 0.15) is 22.7 Å². The highest BCUT2D eigenvalue weighted by atomic mass is 32.2. The molecule has 2 aromatic carbocycles. The molecular weight excluding hydrogens is 322 g/mol. The number of nitrogens with one attached hydrogen (secondary N) is 1. The summed E-state index contributed by atoms with van der Waals surface area (Å²) in [4.78, 5) is 0.870. The SMILES string of the molecule is COc1cc2c(cc1OC)[C@@H](C[S@@](=O)c1ccc(C)cc1)NCC2. The number of fused-ring (bicyclic) bond motifs is 1. The lowest BCUT2D eigenvalue weighted by Gasteiger charge is -2.28. The molecule has 2 atom stereocenters. The van der Waals surface area contributed by atoms with Gasteiger partial charge in [0.1, 0.15) is 0 Å². The summed E-state index contributed by atoms with van der Waals surface area (Å²) in [6.07, 6.45) is 0.934. The standard InChI is InChI=1S/C19H23NO3S/c1-13-4-6-15(7-5-13)24(21)12-17-16-11-19(23-3)18(22-2)10-14(16)8-9-20-17/h4-7,10-11,17,20H,8-9,12H2,1-3H3/t17-,24-/m1/s1. The van der Waals surface area contributed by atoms with Crippen LogP contribution in [0.4, 0.5) is 0 Å². The van der Waals surface area contributed by atoms with Crippen LogP contribution in [-0.2, 0) is 17.2 Å². The predicted molar refractivity (Wildman–Crippen MR) is 96.4 cm³/mol. The highest BCUT2D eigenvalue weighted by molar-refractivity contribution is 7.85. The van der Waals surface area contributed by atoms with Crippen molar-refractivity contribution in [3.05, 3.63) is 53.1 Å². The van der Waals surface area contributed by atoms with E-state index in [2.05, 4.69) is 5.32 Å². The molecule has 0 saturated carbocycles. The van der Waals surface area contributed by atoms with Gasteiger partial charge in [0.25, 0.3) is 0 Å². The van der Waals surface area contributed by atoms with Gasteiger partial charge in [0.05, 0.1) is 25.0 Å². The molecule has 0 bridgehead atoms. The maximum Gasteiger partial charge on any atom is 0.161 e. The van der Waals surface area contributed by atoms with E-state index in [-0.39, 0.29) is 6.04 Å². The lowest BCUT2D eigenvalue weighted by molar-refractivity contribution is 0.352. The van der Waals surface area contributed by atoms with Crippen LogP contribution in [0.5, 0.6) is 11.5 Å². The number of ether oxygens (including phenoxy) is 2. The minimum absolute atomic E-state index is 0.0516. The van der Waals surface area contributed by atoms with E-state index >= 15 is 0 Å².